The Morgan fingerprint density at radius 1 is 1.67 bits per heavy atom. The molecule has 12 heavy (non-hydrogen) atoms. The predicted octanol–water partition coefficient (Wildman–Crippen LogP) is -4.16. The van der Waals surface area contributed by atoms with E-state index in [1.165, 1.54) is 6.92 Å². The van der Waals surface area contributed by atoms with Gasteiger partial charge in [0.15, 0.2) is 6.04 Å². The van der Waals surface area contributed by atoms with Gasteiger partial charge >= 0.3 is 0 Å². The lowest BCUT2D eigenvalue weighted by Gasteiger charge is -2.16. The lowest BCUT2D eigenvalue weighted by atomic mass is 10.2. The smallest absolute Gasteiger partial charge is 0.278 e. The summed E-state index contributed by atoms with van der Waals surface area (Å²) in [6, 6.07) is -1.90. The number of carboxylic acids is 1. The summed E-state index contributed by atoms with van der Waals surface area (Å²) in [6.07, 6.45) is 0. The molecule has 5 N–H and O–H groups in total. The molecule has 0 aliphatic rings. The third-order valence-electron chi connectivity index (χ3n) is 1.23. The maximum atomic E-state index is 10.8. The average Bonchev–Trinajstić information content (AvgIpc) is 1.98. The second kappa shape index (κ2) is 4.68. The van der Waals surface area contributed by atoms with Gasteiger partial charge in [0.05, 0.1) is 18.6 Å². The van der Waals surface area contributed by atoms with E-state index in [0.717, 1.165) is 0 Å². The minimum atomic E-state index is -1.51. The fourth-order valence-electron chi connectivity index (χ4n) is 0.493. The van der Waals surface area contributed by atoms with Gasteiger partial charge in [-0.05, 0) is 6.92 Å². The second-order valence-electron chi connectivity index (χ2n) is 2.46. The van der Waals surface area contributed by atoms with Crippen molar-refractivity contribution in [3.63, 3.8) is 0 Å². The highest BCUT2D eigenvalue weighted by molar-refractivity contribution is 5.85. The zero-order valence-electron chi connectivity index (χ0n) is 6.74. The van der Waals surface area contributed by atoms with Crippen LogP contribution in [0.15, 0.2) is 0 Å². The monoisotopic (exact) mass is 176 g/mol. The number of amides is 1. The van der Waals surface area contributed by atoms with E-state index in [1.54, 1.807) is 0 Å². The molecule has 1 amide bonds. The van der Waals surface area contributed by atoms with Crippen LogP contribution in [-0.4, -0.2) is 35.7 Å². The third kappa shape index (κ3) is 3.31. The Kier molecular flexibility index (Phi) is 4.24. The quantitative estimate of drug-likeness (QED) is 0.403. The minimum absolute atomic E-state index is 0.529. The maximum absolute atomic E-state index is 10.8. The summed E-state index contributed by atoms with van der Waals surface area (Å²) in [5, 5.41) is 20.7. The number of quaternary nitrogens is 1. The molecule has 0 unspecified atom stereocenters. The van der Waals surface area contributed by atoms with Crippen molar-refractivity contribution in [3.05, 3.63) is 0 Å². The number of aliphatic hydroxyl groups is 1. The minimum Gasteiger partial charge on any atom is -0.548 e. The summed E-state index contributed by atoms with van der Waals surface area (Å²) in [4.78, 5) is 21.0. The topological polar surface area (TPSA) is 117 Å². The van der Waals surface area contributed by atoms with E-state index in [-0.39, 0.29) is 0 Å². The van der Waals surface area contributed by atoms with Crippen LogP contribution in [0.2, 0.25) is 0 Å². The normalized spacial score (nSPS) is 14.9. The Balaban J connectivity index is 4.03. The second-order valence-corrected chi connectivity index (χ2v) is 2.46. The predicted molar refractivity (Wildman–Crippen MR) is 36.4 cm³/mol. The molecule has 6 nitrogen and oxygen atoms in total. The number of nitrogens with one attached hydrogen (secondary N) is 1. The van der Waals surface area contributed by atoms with Gasteiger partial charge in [-0.15, -0.1) is 0 Å². The number of carbonyl (C=O) groups is 2. The van der Waals surface area contributed by atoms with Crippen LogP contribution in [0, 0.1) is 0 Å². The van der Waals surface area contributed by atoms with Crippen molar-refractivity contribution >= 4 is 11.9 Å². The molecular weight excluding hydrogens is 164 g/mol. The molecule has 70 valence electrons. The molecular formula is C6H12N2O4. The summed E-state index contributed by atoms with van der Waals surface area (Å²) >= 11 is 0. The molecule has 0 heterocycles. The van der Waals surface area contributed by atoms with Crippen LogP contribution in [0.25, 0.3) is 0 Å². The van der Waals surface area contributed by atoms with E-state index in [2.05, 4.69) is 11.1 Å². The van der Waals surface area contributed by atoms with Crippen molar-refractivity contribution in [2.45, 2.75) is 19.0 Å². The Morgan fingerprint density at radius 3 is 2.42 bits per heavy atom. The van der Waals surface area contributed by atoms with Crippen molar-refractivity contribution < 1.29 is 25.5 Å². The van der Waals surface area contributed by atoms with E-state index >= 15 is 0 Å². The lowest BCUT2D eigenvalue weighted by Crippen LogP contribution is -2.67. The summed E-state index contributed by atoms with van der Waals surface area (Å²) in [7, 11) is 0. The fraction of sp³-hybridized carbons (Fsp3) is 0.667. The van der Waals surface area contributed by atoms with Gasteiger partial charge < -0.3 is 26.1 Å². The number of carboxylic acid groups (broad SMARTS) is 1. The molecule has 0 aromatic carbocycles. The Bertz CT molecular complexity index is 180. The molecule has 0 fully saturated rings. The maximum Gasteiger partial charge on any atom is 0.278 e. The number of hydrogen-bond donors (Lipinski definition) is 3. The van der Waals surface area contributed by atoms with Gasteiger partial charge in [0.2, 0.25) is 0 Å². The molecule has 0 aromatic heterocycles. The Labute approximate surface area is 69.4 Å². The van der Waals surface area contributed by atoms with Crippen molar-refractivity contribution in [1.82, 2.24) is 5.32 Å². The van der Waals surface area contributed by atoms with Crippen LogP contribution in [0.5, 0.6) is 0 Å². The number of aliphatic carboxylic acids is 1. The van der Waals surface area contributed by atoms with Crippen LogP contribution >= 0.6 is 0 Å². The highest BCUT2D eigenvalue weighted by Crippen LogP contribution is 1.81. The molecule has 0 aliphatic heterocycles. The largest absolute Gasteiger partial charge is 0.548 e. The molecule has 0 saturated carbocycles. The summed E-state index contributed by atoms with van der Waals surface area (Å²) in [6.45, 7) is 0.833. The van der Waals surface area contributed by atoms with Gasteiger partial charge in [0.25, 0.3) is 5.91 Å². The summed E-state index contributed by atoms with van der Waals surface area (Å²) in [5.74, 6) is -2.04. The fourth-order valence-corrected chi connectivity index (χ4v) is 0.493. The number of hydrogen-bond acceptors (Lipinski definition) is 4. The van der Waals surface area contributed by atoms with E-state index in [4.69, 9.17) is 5.11 Å². The molecule has 0 spiro atoms. The van der Waals surface area contributed by atoms with Gasteiger partial charge in [0, 0.05) is 0 Å². The average molecular weight is 176 g/mol. The van der Waals surface area contributed by atoms with E-state index in [0.29, 0.717) is 0 Å². The number of rotatable bonds is 4. The van der Waals surface area contributed by atoms with Crippen LogP contribution < -0.4 is 16.2 Å². The third-order valence-corrected chi connectivity index (χ3v) is 1.23. The first-order valence-electron chi connectivity index (χ1n) is 3.44. The Hall–Kier alpha value is -1.14. The number of aliphatic hydroxyl groups excluding tert-OH is 1. The van der Waals surface area contributed by atoms with Gasteiger partial charge in [-0.3, -0.25) is 4.79 Å². The first kappa shape index (κ1) is 10.9. The molecule has 6 heteroatoms. The van der Waals surface area contributed by atoms with Gasteiger partial charge in [0.1, 0.15) is 0 Å². The molecule has 0 radical (unpaired) electrons. The van der Waals surface area contributed by atoms with E-state index < -0.39 is 30.6 Å². The van der Waals surface area contributed by atoms with Gasteiger partial charge in [-0.25, -0.2) is 0 Å². The standard InChI is InChI=1S/C6H12N2O4/c1-3(7)5(10)8-4(2-9)6(11)12/h3-4,9H,2,7H2,1H3,(H,8,10)(H,11,12)/t3-,4+/m1/s1. The summed E-state index contributed by atoms with van der Waals surface area (Å²) < 4.78 is 0. The van der Waals surface area contributed by atoms with E-state index in [1.807, 2.05) is 0 Å². The number of carbonyl (C=O) groups excluding carboxylic acids is 2. The van der Waals surface area contributed by atoms with Crippen molar-refractivity contribution in [3.8, 4) is 0 Å². The zero-order chi connectivity index (χ0) is 9.72. The van der Waals surface area contributed by atoms with Crippen molar-refractivity contribution in [2.75, 3.05) is 6.61 Å². The molecule has 2 atom stereocenters. The summed E-state index contributed by atoms with van der Waals surface area (Å²) in [5.41, 5.74) is 3.38. The highest BCUT2D eigenvalue weighted by Gasteiger charge is 2.16. The highest BCUT2D eigenvalue weighted by atomic mass is 16.4. The molecule has 0 aromatic rings. The van der Waals surface area contributed by atoms with Gasteiger partial charge in [-0.1, -0.05) is 0 Å². The molecule has 0 bridgehead atoms. The Morgan fingerprint density at radius 2 is 2.17 bits per heavy atom. The zero-order valence-corrected chi connectivity index (χ0v) is 6.74. The first-order chi connectivity index (χ1) is 5.49. The van der Waals surface area contributed by atoms with E-state index in [9.17, 15) is 14.7 Å². The lowest BCUT2D eigenvalue weighted by molar-refractivity contribution is -0.398. The van der Waals surface area contributed by atoms with Crippen molar-refractivity contribution in [2.24, 2.45) is 0 Å². The van der Waals surface area contributed by atoms with Crippen LogP contribution in [-0.2, 0) is 9.59 Å². The molecule has 0 saturated heterocycles. The molecule has 0 aliphatic carbocycles. The SMILES string of the molecule is C[C@@H]([NH3+])C(=O)N[C@@H](CO)C(=O)[O-]. The van der Waals surface area contributed by atoms with Crippen LogP contribution in [0.4, 0.5) is 0 Å². The molecule has 0 rings (SSSR count). The first-order valence-corrected chi connectivity index (χ1v) is 3.44. The van der Waals surface area contributed by atoms with Gasteiger partial charge in [-0.2, -0.15) is 0 Å². The van der Waals surface area contributed by atoms with Crippen LogP contribution in [0.1, 0.15) is 6.92 Å². The van der Waals surface area contributed by atoms with Crippen LogP contribution in [0.3, 0.4) is 0 Å². The van der Waals surface area contributed by atoms with Crippen molar-refractivity contribution in [1.29, 1.82) is 0 Å².